The second-order valence-corrected chi connectivity index (χ2v) is 4.02. The Morgan fingerprint density at radius 2 is 2.33 bits per heavy atom. The number of ether oxygens (including phenoxy) is 1. The Hall–Kier alpha value is -1.55. The Kier molecular flexibility index (Phi) is 5.16. The molecule has 4 nitrogen and oxygen atoms in total. The number of carbonyl (C=O) groups excluding carboxylic acids is 1. The molecule has 1 rings (SSSR count). The van der Waals surface area contributed by atoms with E-state index in [4.69, 9.17) is 5.26 Å². The van der Waals surface area contributed by atoms with Crippen LogP contribution in [0, 0.1) is 11.3 Å². The molecule has 0 aliphatic heterocycles. The highest BCUT2D eigenvalue weighted by Gasteiger charge is 2.20. The Labute approximate surface area is 111 Å². The van der Waals surface area contributed by atoms with E-state index in [9.17, 15) is 13.6 Å². The Balaban J connectivity index is 3.15. The number of carbonyl (C=O) groups is 1. The van der Waals surface area contributed by atoms with E-state index in [0.717, 1.165) is 0 Å². The van der Waals surface area contributed by atoms with Crippen molar-refractivity contribution in [2.75, 3.05) is 6.61 Å². The van der Waals surface area contributed by atoms with E-state index in [1.807, 2.05) is 0 Å². The van der Waals surface area contributed by atoms with Gasteiger partial charge in [0.2, 0.25) is 0 Å². The highest BCUT2D eigenvalue weighted by atomic mass is 79.9. The molecular weight excluding hydrogens is 310 g/mol. The molecule has 0 unspecified atom stereocenters. The molecule has 18 heavy (non-hydrogen) atoms. The van der Waals surface area contributed by atoms with E-state index in [-0.39, 0.29) is 28.8 Å². The number of esters is 1. The fourth-order valence-electron chi connectivity index (χ4n) is 1.32. The Bertz CT molecular complexity index is 501. The number of hydrogen-bond donors (Lipinski definition) is 0. The van der Waals surface area contributed by atoms with Crippen molar-refractivity contribution in [1.82, 2.24) is 4.98 Å². The summed E-state index contributed by atoms with van der Waals surface area (Å²) in [5, 5.41) is 8.79. The summed E-state index contributed by atoms with van der Waals surface area (Å²) in [5.74, 6) is -0.632. The lowest BCUT2D eigenvalue weighted by Gasteiger charge is -2.09. The van der Waals surface area contributed by atoms with Gasteiger partial charge in [0.15, 0.2) is 0 Å². The van der Waals surface area contributed by atoms with Crippen molar-refractivity contribution >= 4 is 21.9 Å². The van der Waals surface area contributed by atoms with Crippen LogP contribution in [0.15, 0.2) is 10.7 Å². The highest BCUT2D eigenvalue weighted by molar-refractivity contribution is 9.10. The maximum atomic E-state index is 12.8. The van der Waals surface area contributed by atoms with E-state index in [0.29, 0.717) is 0 Å². The summed E-state index contributed by atoms with van der Waals surface area (Å²) >= 11 is 2.92. The summed E-state index contributed by atoms with van der Waals surface area (Å²) in [6, 6.07) is 3.02. The minimum atomic E-state index is -2.82. The van der Waals surface area contributed by atoms with Crippen LogP contribution in [0.2, 0.25) is 0 Å². The van der Waals surface area contributed by atoms with Gasteiger partial charge in [-0.2, -0.15) is 5.26 Å². The molecule has 0 aliphatic carbocycles. The van der Waals surface area contributed by atoms with Crippen molar-refractivity contribution in [3.8, 4) is 6.07 Å². The first-order chi connectivity index (χ1) is 8.49. The Morgan fingerprint density at radius 3 is 2.83 bits per heavy atom. The number of rotatable bonds is 4. The van der Waals surface area contributed by atoms with Crippen molar-refractivity contribution in [3.05, 3.63) is 27.5 Å². The number of alkyl halides is 2. The molecule has 0 saturated heterocycles. The second kappa shape index (κ2) is 6.40. The van der Waals surface area contributed by atoms with E-state index in [1.165, 1.54) is 6.07 Å². The zero-order chi connectivity index (χ0) is 13.7. The number of nitrogens with zero attached hydrogens (tertiary/aromatic N) is 2. The minimum absolute atomic E-state index is 0.00296. The molecule has 1 aromatic heterocycles. The third kappa shape index (κ3) is 3.47. The molecule has 1 aromatic rings. The topological polar surface area (TPSA) is 63.0 Å². The molecule has 7 heteroatoms. The summed E-state index contributed by atoms with van der Waals surface area (Å²) in [4.78, 5) is 14.9. The van der Waals surface area contributed by atoms with Crippen LogP contribution in [-0.4, -0.2) is 17.6 Å². The maximum absolute atomic E-state index is 12.8. The molecule has 0 bridgehead atoms. The molecule has 0 N–H and O–H groups in total. The summed E-state index contributed by atoms with van der Waals surface area (Å²) in [5.41, 5.74) is -0.421. The summed E-state index contributed by atoms with van der Waals surface area (Å²) < 4.78 is 30.2. The molecule has 0 amide bonds. The molecule has 0 fully saturated rings. The first kappa shape index (κ1) is 14.5. The molecule has 0 atom stereocenters. The first-order valence-electron chi connectivity index (χ1n) is 5.02. The average Bonchev–Trinajstić information content (AvgIpc) is 2.30. The zero-order valence-corrected chi connectivity index (χ0v) is 11.0. The van der Waals surface area contributed by atoms with Crippen LogP contribution in [-0.2, 0) is 16.0 Å². The largest absolute Gasteiger partial charge is 0.466 e. The van der Waals surface area contributed by atoms with Crippen LogP contribution in [0.3, 0.4) is 0 Å². The van der Waals surface area contributed by atoms with Crippen LogP contribution >= 0.6 is 15.9 Å². The quantitative estimate of drug-likeness (QED) is 0.632. The average molecular weight is 319 g/mol. The van der Waals surface area contributed by atoms with Gasteiger partial charge < -0.3 is 4.74 Å². The molecule has 96 valence electrons. The molecule has 0 aliphatic rings. The van der Waals surface area contributed by atoms with Crippen LogP contribution < -0.4 is 0 Å². The number of pyridine rings is 1. The summed E-state index contributed by atoms with van der Waals surface area (Å²) in [6.07, 6.45) is -3.15. The number of halogens is 3. The SMILES string of the molecule is CCOC(=O)Cc1cc(C#N)c(Br)nc1C(F)F. The predicted octanol–water partition coefficient (Wildman–Crippen LogP) is 2.76. The third-order valence-corrected chi connectivity index (χ3v) is 2.66. The normalized spacial score (nSPS) is 10.2. The monoisotopic (exact) mass is 318 g/mol. The van der Waals surface area contributed by atoms with Crippen LogP contribution in [0.25, 0.3) is 0 Å². The molecule has 0 spiro atoms. The van der Waals surface area contributed by atoms with Crippen molar-refractivity contribution in [2.45, 2.75) is 19.8 Å². The molecule has 0 aromatic carbocycles. The lowest BCUT2D eigenvalue weighted by molar-refractivity contribution is -0.142. The van der Waals surface area contributed by atoms with Crippen LogP contribution in [0.4, 0.5) is 8.78 Å². The summed E-state index contributed by atoms with van der Waals surface area (Å²) in [6.45, 7) is 1.78. The van der Waals surface area contributed by atoms with Gasteiger partial charge in [0.05, 0.1) is 18.6 Å². The van der Waals surface area contributed by atoms with Gasteiger partial charge in [-0.15, -0.1) is 0 Å². The van der Waals surface area contributed by atoms with E-state index in [2.05, 4.69) is 25.7 Å². The molecule has 0 radical (unpaired) electrons. The third-order valence-electron chi connectivity index (χ3n) is 2.06. The lowest BCUT2D eigenvalue weighted by atomic mass is 10.1. The smallest absolute Gasteiger partial charge is 0.310 e. The van der Waals surface area contributed by atoms with Gasteiger partial charge in [-0.1, -0.05) is 0 Å². The second-order valence-electron chi connectivity index (χ2n) is 3.27. The van der Waals surface area contributed by atoms with E-state index >= 15 is 0 Å². The Morgan fingerprint density at radius 1 is 1.67 bits per heavy atom. The fraction of sp³-hybridized carbons (Fsp3) is 0.364. The summed E-state index contributed by atoms with van der Waals surface area (Å²) in [7, 11) is 0. The maximum Gasteiger partial charge on any atom is 0.310 e. The standard InChI is InChI=1S/C11H9BrF2N2O2/c1-2-18-8(17)4-6-3-7(5-15)10(12)16-9(6)11(13)14/h3,11H,2,4H2,1H3. The van der Waals surface area contributed by atoms with Crippen molar-refractivity contribution in [1.29, 1.82) is 5.26 Å². The van der Waals surface area contributed by atoms with Gasteiger partial charge >= 0.3 is 5.97 Å². The fourth-order valence-corrected chi connectivity index (χ4v) is 1.72. The minimum Gasteiger partial charge on any atom is -0.466 e. The lowest BCUT2D eigenvalue weighted by Crippen LogP contribution is -2.11. The van der Waals surface area contributed by atoms with Crippen molar-refractivity contribution in [2.24, 2.45) is 0 Å². The van der Waals surface area contributed by atoms with Crippen molar-refractivity contribution < 1.29 is 18.3 Å². The van der Waals surface area contributed by atoms with Gasteiger partial charge in [-0.05, 0) is 34.5 Å². The van der Waals surface area contributed by atoms with Crippen LogP contribution in [0.1, 0.15) is 30.2 Å². The van der Waals surface area contributed by atoms with Gasteiger partial charge in [0, 0.05) is 0 Å². The molecule has 1 heterocycles. The van der Waals surface area contributed by atoms with Gasteiger partial charge in [0.25, 0.3) is 6.43 Å². The molecular formula is C11H9BrF2N2O2. The van der Waals surface area contributed by atoms with E-state index < -0.39 is 18.1 Å². The number of aromatic nitrogens is 1. The van der Waals surface area contributed by atoms with Gasteiger partial charge in [-0.3, -0.25) is 4.79 Å². The first-order valence-corrected chi connectivity index (χ1v) is 5.82. The molecule has 0 saturated carbocycles. The number of nitriles is 1. The highest BCUT2D eigenvalue weighted by Crippen LogP contribution is 2.26. The van der Waals surface area contributed by atoms with Gasteiger partial charge in [-0.25, -0.2) is 13.8 Å². The zero-order valence-electron chi connectivity index (χ0n) is 9.41. The number of hydrogen-bond acceptors (Lipinski definition) is 4. The van der Waals surface area contributed by atoms with Crippen LogP contribution in [0.5, 0.6) is 0 Å². The predicted molar refractivity (Wildman–Crippen MR) is 61.9 cm³/mol. The van der Waals surface area contributed by atoms with E-state index in [1.54, 1.807) is 13.0 Å². The van der Waals surface area contributed by atoms with Crippen molar-refractivity contribution in [3.63, 3.8) is 0 Å². The van der Waals surface area contributed by atoms with Gasteiger partial charge in [0.1, 0.15) is 16.4 Å².